The Balaban J connectivity index is 1.55. The van der Waals surface area contributed by atoms with Gasteiger partial charge in [-0.05, 0) is 50.8 Å². The van der Waals surface area contributed by atoms with Crippen LogP contribution in [-0.4, -0.2) is 49.0 Å². The molecule has 1 amide bonds. The van der Waals surface area contributed by atoms with E-state index in [1.54, 1.807) is 6.07 Å². The highest BCUT2D eigenvalue weighted by Crippen LogP contribution is 2.27. The molecule has 0 aromatic heterocycles. The van der Waals surface area contributed by atoms with Gasteiger partial charge < -0.3 is 20.3 Å². The first-order chi connectivity index (χ1) is 14.1. The van der Waals surface area contributed by atoms with Crippen molar-refractivity contribution in [1.29, 1.82) is 0 Å². The van der Waals surface area contributed by atoms with Crippen molar-refractivity contribution >= 4 is 11.9 Å². The molecule has 0 spiro atoms. The summed E-state index contributed by atoms with van der Waals surface area (Å²) < 4.78 is 19.3. The first kappa shape index (κ1) is 21.4. The third kappa shape index (κ3) is 5.84. The largest absolute Gasteiger partial charge is 0.491 e. The van der Waals surface area contributed by atoms with Crippen LogP contribution in [0.5, 0.6) is 5.75 Å². The summed E-state index contributed by atoms with van der Waals surface area (Å²) in [4.78, 5) is 19.2. The van der Waals surface area contributed by atoms with Crippen LogP contribution in [0.4, 0.5) is 4.39 Å². The molecule has 0 radical (unpaired) electrons. The molecule has 29 heavy (non-hydrogen) atoms. The van der Waals surface area contributed by atoms with Crippen molar-refractivity contribution in [2.75, 3.05) is 26.2 Å². The fourth-order valence-corrected chi connectivity index (χ4v) is 4.11. The Labute approximate surface area is 172 Å². The van der Waals surface area contributed by atoms with Gasteiger partial charge in [0.1, 0.15) is 0 Å². The third-order valence-corrected chi connectivity index (χ3v) is 5.61. The molecule has 6 nitrogen and oxygen atoms in total. The molecule has 7 heteroatoms. The van der Waals surface area contributed by atoms with Crippen LogP contribution >= 0.6 is 0 Å². The molecule has 1 aliphatic heterocycles. The van der Waals surface area contributed by atoms with Gasteiger partial charge in [0.15, 0.2) is 17.5 Å². The maximum atomic E-state index is 14.0. The molecule has 1 atom stereocenters. The van der Waals surface area contributed by atoms with E-state index in [0.29, 0.717) is 25.0 Å². The van der Waals surface area contributed by atoms with Gasteiger partial charge in [0.25, 0.3) is 0 Å². The Morgan fingerprint density at radius 2 is 2.07 bits per heavy atom. The van der Waals surface area contributed by atoms with Crippen LogP contribution in [0.15, 0.2) is 23.2 Å². The fourth-order valence-electron chi connectivity index (χ4n) is 4.11. The number of halogens is 1. The van der Waals surface area contributed by atoms with Gasteiger partial charge in [-0.15, -0.1) is 0 Å². The number of nitrogens with zero attached hydrogens (tertiary/aromatic N) is 2. The van der Waals surface area contributed by atoms with Gasteiger partial charge in [0.2, 0.25) is 5.91 Å². The van der Waals surface area contributed by atoms with Crippen LogP contribution < -0.4 is 15.4 Å². The number of hydrogen-bond donors (Lipinski definition) is 2. The second-order valence-corrected chi connectivity index (χ2v) is 7.79. The average molecular weight is 405 g/mol. The number of guanidine groups is 1. The summed E-state index contributed by atoms with van der Waals surface area (Å²) in [5.74, 6) is 1.14. The minimum absolute atomic E-state index is 0.190. The van der Waals surface area contributed by atoms with Gasteiger partial charge in [0.05, 0.1) is 13.2 Å². The van der Waals surface area contributed by atoms with Crippen molar-refractivity contribution in [3.8, 4) is 5.75 Å². The van der Waals surface area contributed by atoms with E-state index in [4.69, 9.17) is 4.74 Å². The van der Waals surface area contributed by atoms with Crippen LogP contribution in [0, 0.1) is 11.7 Å². The predicted octanol–water partition coefficient (Wildman–Crippen LogP) is 3.07. The van der Waals surface area contributed by atoms with E-state index < -0.39 is 0 Å². The lowest BCUT2D eigenvalue weighted by Crippen LogP contribution is -2.45. The summed E-state index contributed by atoms with van der Waals surface area (Å²) in [7, 11) is 0. The number of carbonyl (C=O) groups is 1. The SMILES string of the molecule is CCNC(=NCc1ccc(OCC)c(F)c1)NC1CCN(C(=O)C2CCCC2)C1. The average Bonchev–Trinajstić information content (AvgIpc) is 3.40. The second kappa shape index (κ2) is 10.5. The maximum Gasteiger partial charge on any atom is 0.225 e. The van der Waals surface area contributed by atoms with Gasteiger partial charge in [-0.1, -0.05) is 18.9 Å². The molecule has 1 saturated carbocycles. The van der Waals surface area contributed by atoms with Crippen molar-refractivity contribution in [2.24, 2.45) is 10.9 Å². The molecule has 2 N–H and O–H groups in total. The number of aliphatic imine (C=N–C) groups is 1. The van der Waals surface area contributed by atoms with E-state index in [2.05, 4.69) is 15.6 Å². The monoisotopic (exact) mass is 404 g/mol. The van der Waals surface area contributed by atoms with Crippen LogP contribution in [0.3, 0.4) is 0 Å². The summed E-state index contributed by atoms with van der Waals surface area (Å²) >= 11 is 0. The quantitative estimate of drug-likeness (QED) is 0.541. The minimum atomic E-state index is -0.366. The van der Waals surface area contributed by atoms with E-state index in [1.165, 1.54) is 18.9 Å². The van der Waals surface area contributed by atoms with Crippen molar-refractivity contribution in [3.05, 3.63) is 29.6 Å². The van der Waals surface area contributed by atoms with Crippen molar-refractivity contribution < 1.29 is 13.9 Å². The van der Waals surface area contributed by atoms with E-state index in [9.17, 15) is 9.18 Å². The lowest BCUT2D eigenvalue weighted by molar-refractivity contribution is -0.134. The van der Waals surface area contributed by atoms with Gasteiger partial charge in [-0.2, -0.15) is 0 Å². The van der Waals surface area contributed by atoms with E-state index >= 15 is 0 Å². The van der Waals surface area contributed by atoms with Gasteiger partial charge in [0, 0.05) is 31.6 Å². The van der Waals surface area contributed by atoms with Crippen LogP contribution in [0.2, 0.25) is 0 Å². The molecule has 2 aliphatic rings. The van der Waals surface area contributed by atoms with Gasteiger partial charge in [-0.25, -0.2) is 9.38 Å². The summed E-state index contributed by atoms with van der Waals surface area (Å²) in [6.07, 6.45) is 5.34. The fraction of sp³-hybridized carbons (Fsp3) is 0.636. The molecule has 0 bridgehead atoms. The Morgan fingerprint density at radius 3 is 2.76 bits per heavy atom. The lowest BCUT2D eigenvalue weighted by Gasteiger charge is -2.21. The van der Waals surface area contributed by atoms with E-state index in [-0.39, 0.29) is 23.5 Å². The number of nitrogens with one attached hydrogen (secondary N) is 2. The molecule has 1 aliphatic carbocycles. The number of carbonyl (C=O) groups excluding carboxylic acids is 1. The molecule has 1 aromatic carbocycles. The highest BCUT2D eigenvalue weighted by atomic mass is 19.1. The molecule has 1 aromatic rings. The molecule has 160 valence electrons. The van der Waals surface area contributed by atoms with E-state index in [0.717, 1.165) is 44.5 Å². The Bertz CT molecular complexity index is 719. The first-order valence-corrected chi connectivity index (χ1v) is 10.9. The lowest BCUT2D eigenvalue weighted by atomic mass is 10.1. The summed E-state index contributed by atoms with van der Waals surface area (Å²) in [5.41, 5.74) is 0.785. The van der Waals surface area contributed by atoms with Gasteiger partial charge >= 0.3 is 0 Å². The molecule has 2 fully saturated rings. The van der Waals surface area contributed by atoms with Crippen LogP contribution in [-0.2, 0) is 11.3 Å². The molecular formula is C22H33FN4O2. The van der Waals surface area contributed by atoms with E-state index in [1.807, 2.05) is 24.8 Å². The summed E-state index contributed by atoms with van der Waals surface area (Å²) in [5, 5.41) is 6.68. The first-order valence-electron chi connectivity index (χ1n) is 10.9. The molecular weight excluding hydrogens is 371 g/mol. The highest BCUT2D eigenvalue weighted by molar-refractivity contribution is 5.81. The summed E-state index contributed by atoms with van der Waals surface area (Å²) in [6.45, 7) is 6.91. The summed E-state index contributed by atoms with van der Waals surface area (Å²) in [6, 6.07) is 5.14. The number of benzene rings is 1. The molecule has 3 rings (SSSR count). The maximum absolute atomic E-state index is 14.0. The molecule has 1 heterocycles. The standard InChI is InChI=1S/C22H33FN4O2/c1-3-24-22(25-14-16-9-10-20(29-4-2)19(23)13-16)26-18-11-12-27(15-18)21(28)17-7-5-6-8-17/h9-10,13,17-18H,3-8,11-12,14-15H2,1-2H3,(H2,24,25,26). The number of hydrogen-bond acceptors (Lipinski definition) is 3. The normalized spacial score (nSPS) is 20.2. The zero-order valence-corrected chi connectivity index (χ0v) is 17.5. The molecule has 1 saturated heterocycles. The zero-order chi connectivity index (χ0) is 20.6. The van der Waals surface area contributed by atoms with Gasteiger partial charge in [-0.3, -0.25) is 4.79 Å². The third-order valence-electron chi connectivity index (χ3n) is 5.61. The second-order valence-electron chi connectivity index (χ2n) is 7.79. The van der Waals surface area contributed by atoms with Crippen LogP contribution in [0.1, 0.15) is 51.5 Å². The Kier molecular flexibility index (Phi) is 7.72. The van der Waals surface area contributed by atoms with Crippen LogP contribution in [0.25, 0.3) is 0 Å². The smallest absolute Gasteiger partial charge is 0.225 e. The minimum Gasteiger partial charge on any atom is -0.491 e. The Hall–Kier alpha value is -2.31. The topological polar surface area (TPSA) is 66.0 Å². The number of rotatable bonds is 7. The zero-order valence-electron chi connectivity index (χ0n) is 17.5. The predicted molar refractivity (Wildman–Crippen MR) is 112 cm³/mol. The number of ether oxygens (including phenoxy) is 1. The number of likely N-dealkylation sites (tertiary alicyclic amines) is 1. The Morgan fingerprint density at radius 1 is 1.28 bits per heavy atom. The van der Waals surface area contributed by atoms with Crippen molar-refractivity contribution in [1.82, 2.24) is 15.5 Å². The molecule has 1 unspecified atom stereocenters. The number of amides is 1. The van der Waals surface area contributed by atoms with Crippen molar-refractivity contribution in [3.63, 3.8) is 0 Å². The highest BCUT2D eigenvalue weighted by Gasteiger charge is 2.32. The van der Waals surface area contributed by atoms with Crippen molar-refractivity contribution in [2.45, 2.75) is 58.5 Å².